The van der Waals surface area contributed by atoms with Crippen LogP contribution in [0, 0.1) is 10.1 Å². The van der Waals surface area contributed by atoms with Gasteiger partial charge < -0.3 is 10.4 Å². The van der Waals surface area contributed by atoms with Crippen LogP contribution in [0.25, 0.3) is 0 Å². The molecule has 1 atom stereocenters. The number of hydrogen-bond donors (Lipinski definition) is 2. The number of aliphatic carboxylic acids is 1. The second-order valence-corrected chi connectivity index (χ2v) is 5.42. The van der Waals surface area contributed by atoms with Gasteiger partial charge in [0.25, 0.3) is 5.69 Å². The molecule has 1 unspecified atom stereocenters. The molecular weight excluding hydrogens is 296 g/mol. The molecule has 0 saturated carbocycles. The van der Waals surface area contributed by atoms with E-state index in [2.05, 4.69) is 5.32 Å². The number of carboxylic acids is 1. The number of nitro groups is 1. The average molecular weight is 312 g/mol. The molecule has 1 amide bonds. The van der Waals surface area contributed by atoms with Crippen LogP contribution in [0.3, 0.4) is 0 Å². The number of para-hydroxylation sites is 1. The predicted octanol–water partition coefficient (Wildman–Crippen LogP) is 1.81. The van der Waals surface area contributed by atoms with Crippen LogP contribution in [0.2, 0.25) is 0 Å². The Bertz CT molecular complexity index is 535. The molecule has 0 saturated heterocycles. The Morgan fingerprint density at radius 2 is 2.10 bits per heavy atom. The molecule has 0 radical (unpaired) electrons. The van der Waals surface area contributed by atoms with Crippen LogP contribution < -0.4 is 5.32 Å². The van der Waals surface area contributed by atoms with Crippen molar-refractivity contribution in [3.63, 3.8) is 0 Å². The van der Waals surface area contributed by atoms with E-state index in [9.17, 15) is 19.7 Å². The molecule has 21 heavy (non-hydrogen) atoms. The zero-order valence-corrected chi connectivity index (χ0v) is 12.3. The largest absolute Gasteiger partial charge is 0.480 e. The number of thioether (sulfide) groups is 1. The van der Waals surface area contributed by atoms with Crippen molar-refractivity contribution in [2.24, 2.45) is 0 Å². The minimum Gasteiger partial charge on any atom is -0.480 e. The number of nitro benzene ring substituents is 1. The van der Waals surface area contributed by atoms with Gasteiger partial charge in [-0.3, -0.25) is 14.9 Å². The highest BCUT2D eigenvalue weighted by atomic mass is 32.2. The Morgan fingerprint density at radius 1 is 1.43 bits per heavy atom. The van der Waals surface area contributed by atoms with Crippen LogP contribution in [-0.2, 0) is 15.3 Å². The summed E-state index contributed by atoms with van der Waals surface area (Å²) in [7, 11) is 0. The van der Waals surface area contributed by atoms with Crippen LogP contribution in [-0.4, -0.2) is 33.7 Å². The van der Waals surface area contributed by atoms with E-state index in [1.165, 1.54) is 24.8 Å². The number of hydrogen-bond acceptors (Lipinski definition) is 5. The van der Waals surface area contributed by atoms with Crippen LogP contribution in [0.5, 0.6) is 0 Å². The predicted molar refractivity (Wildman–Crippen MR) is 79.1 cm³/mol. The maximum absolute atomic E-state index is 10.9. The first-order valence-corrected chi connectivity index (χ1v) is 7.37. The van der Waals surface area contributed by atoms with Gasteiger partial charge in [-0.2, -0.15) is 11.8 Å². The summed E-state index contributed by atoms with van der Waals surface area (Å²) in [5.41, 5.74) is 0.653. The fraction of sp³-hybridized carbons (Fsp3) is 0.385. The third-order valence-electron chi connectivity index (χ3n) is 2.67. The van der Waals surface area contributed by atoms with Crippen molar-refractivity contribution in [2.75, 3.05) is 5.75 Å². The maximum atomic E-state index is 10.9. The number of carbonyl (C=O) groups excluding carboxylic acids is 1. The zero-order chi connectivity index (χ0) is 15.8. The lowest BCUT2D eigenvalue weighted by Gasteiger charge is -2.12. The first kappa shape index (κ1) is 17.0. The van der Waals surface area contributed by atoms with Gasteiger partial charge >= 0.3 is 5.97 Å². The molecular formula is C13H16N2O5S. The summed E-state index contributed by atoms with van der Waals surface area (Å²) in [4.78, 5) is 32.2. The normalized spacial score (nSPS) is 11.7. The van der Waals surface area contributed by atoms with Gasteiger partial charge in [0.1, 0.15) is 6.04 Å². The van der Waals surface area contributed by atoms with Crippen LogP contribution >= 0.6 is 11.8 Å². The van der Waals surface area contributed by atoms with E-state index >= 15 is 0 Å². The number of carbonyl (C=O) groups is 2. The second-order valence-electron chi connectivity index (χ2n) is 4.32. The van der Waals surface area contributed by atoms with Crippen LogP contribution in [0.15, 0.2) is 24.3 Å². The van der Waals surface area contributed by atoms with Gasteiger partial charge in [0.2, 0.25) is 5.91 Å². The molecule has 8 heteroatoms. The van der Waals surface area contributed by atoms with Gasteiger partial charge in [-0.1, -0.05) is 18.2 Å². The lowest BCUT2D eigenvalue weighted by Crippen LogP contribution is -2.39. The van der Waals surface area contributed by atoms with Crippen LogP contribution in [0.4, 0.5) is 5.69 Å². The average Bonchev–Trinajstić information content (AvgIpc) is 2.41. The zero-order valence-electron chi connectivity index (χ0n) is 11.4. The van der Waals surface area contributed by atoms with Gasteiger partial charge in [0.15, 0.2) is 0 Å². The SMILES string of the molecule is CC(=O)NC(CCSCc1ccccc1[N+](=O)[O-])C(=O)O. The Kier molecular flexibility index (Phi) is 6.67. The second kappa shape index (κ2) is 8.25. The van der Waals surface area contributed by atoms with Gasteiger partial charge in [-0.25, -0.2) is 4.79 Å². The monoisotopic (exact) mass is 312 g/mol. The number of nitrogens with zero attached hydrogens (tertiary/aromatic N) is 1. The number of carboxylic acid groups (broad SMARTS) is 1. The van der Waals surface area contributed by atoms with Gasteiger partial charge in [-0.15, -0.1) is 0 Å². The highest BCUT2D eigenvalue weighted by Crippen LogP contribution is 2.23. The van der Waals surface area contributed by atoms with E-state index in [1.54, 1.807) is 18.2 Å². The Balaban J connectivity index is 2.48. The Labute approximate surface area is 125 Å². The number of benzene rings is 1. The summed E-state index contributed by atoms with van der Waals surface area (Å²) in [6.07, 6.45) is 0.264. The summed E-state index contributed by atoms with van der Waals surface area (Å²) in [6.45, 7) is 1.26. The molecule has 114 valence electrons. The third-order valence-corrected chi connectivity index (χ3v) is 3.71. The fourth-order valence-electron chi connectivity index (χ4n) is 1.70. The molecule has 0 aliphatic heterocycles. The number of nitrogens with one attached hydrogen (secondary N) is 1. The molecule has 7 nitrogen and oxygen atoms in total. The number of amides is 1. The van der Waals surface area contributed by atoms with Crippen LogP contribution in [0.1, 0.15) is 18.9 Å². The van der Waals surface area contributed by atoms with Crippen molar-refractivity contribution in [1.82, 2.24) is 5.32 Å². The molecule has 0 aromatic heterocycles. The van der Waals surface area contributed by atoms with Crippen molar-refractivity contribution in [3.05, 3.63) is 39.9 Å². The first-order chi connectivity index (χ1) is 9.91. The van der Waals surface area contributed by atoms with E-state index in [0.717, 1.165) is 0 Å². The fourth-order valence-corrected chi connectivity index (χ4v) is 2.71. The topological polar surface area (TPSA) is 110 Å². The Morgan fingerprint density at radius 3 is 2.67 bits per heavy atom. The van der Waals surface area contributed by atoms with Gasteiger partial charge in [0, 0.05) is 24.3 Å². The molecule has 1 aromatic carbocycles. The number of rotatable bonds is 8. The quantitative estimate of drug-likeness (QED) is 0.430. The molecule has 1 rings (SSSR count). The lowest BCUT2D eigenvalue weighted by atomic mass is 10.2. The molecule has 2 N–H and O–H groups in total. The summed E-state index contributed by atoms with van der Waals surface area (Å²) >= 11 is 1.39. The lowest BCUT2D eigenvalue weighted by molar-refractivity contribution is -0.385. The smallest absolute Gasteiger partial charge is 0.326 e. The van der Waals surface area contributed by atoms with Crippen molar-refractivity contribution in [2.45, 2.75) is 25.1 Å². The first-order valence-electron chi connectivity index (χ1n) is 6.21. The molecule has 0 spiro atoms. The standard InChI is InChI=1S/C13H16N2O5S/c1-9(16)14-11(13(17)18)6-7-21-8-10-4-2-3-5-12(10)15(19)20/h2-5,11H,6-8H2,1H3,(H,14,16)(H,17,18). The molecule has 0 aliphatic carbocycles. The Hall–Kier alpha value is -2.09. The van der Waals surface area contributed by atoms with E-state index in [4.69, 9.17) is 5.11 Å². The highest BCUT2D eigenvalue weighted by Gasteiger charge is 2.18. The van der Waals surface area contributed by atoms with E-state index < -0.39 is 22.8 Å². The van der Waals surface area contributed by atoms with Crippen molar-refractivity contribution < 1.29 is 19.6 Å². The third kappa shape index (κ3) is 5.82. The molecule has 1 aromatic rings. The van der Waals surface area contributed by atoms with Crippen molar-refractivity contribution in [1.29, 1.82) is 0 Å². The van der Waals surface area contributed by atoms with E-state index in [-0.39, 0.29) is 12.1 Å². The van der Waals surface area contributed by atoms with E-state index in [0.29, 0.717) is 17.1 Å². The van der Waals surface area contributed by atoms with Crippen molar-refractivity contribution in [3.8, 4) is 0 Å². The summed E-state index contributed by atoms with van der Waals surface area (Å²) in [5, 5.41) is 22.1. The van der Waals surface area contributed by atoms with E-state index in [1.807, 2.05) is 0 Å². The molecule has 0 fully saturated rings. The summed E-state index contributed by atoms with van der Waals surface area (Å²) in [6, 6.07) is 5.51. The molecule has 0 bridgehead atoms. The highest BCUT2D eigenvalue weighted by molar-refractivity contribution is 7.98. The summed E-state index contributed by atoms with van der Waals surface area (Å²) < 4.78 is 0. The molecule has 0 aliphatic rings. The summed E-state index contributed by atoms with van der Waals surface area (Å²) in [5.74, 6) is -0.588. The maximum Gasteiger partial charge on any atom is 0.326 e. The van der Waals surface area contributed by atoms with Gasteiger partial charge in [-0.05, 0) is 12.2 Å². The molecule has 0 heterocycles. The minimum atomic E-state index is -1.09. The van der Waals surface area contributed by atoms with Gasteiger partial charge in [0.05, 0.1) is 4.92 Å². The minimum absolute atomic E-state index is 0.0571. The van der Waals surface area contributed by atoms with Crippen molar-refractivity contribution >= 4 is 29.3 Å².